The quantitative estimate of drug-likeness (QED) is 0.222. The van der Waals surface area contributed by atoms with Crippen molar-refractivity contribution >= 4 is 40.6 Å². The molecule has 0 saturated carbocycles. The van der Waals surface area contributed by atoms with Crippen molar-refractivity contribution in [1.82, 2.24) is 4.90 Å². The molecule has 170 valence electrons. The van der Waals surface area contributed by atoms with E-state index in [1.807, 2.05) is 0 Å². The van der Waals surface area contributed by atoms with Crippen LogP contribution >= 0.6 is 11.6 Å². The van der Waals surface area contributed by atoms with Crippen LogP contribution in [0.3, 0.4) is 0 Å². The third-order valence-electron chi connectivity index (χ3n) is 5.97. The molecule has 0 radical (unpaired) electrons. The zero-order chi connectivity index (χ0) is 23.8. The number of hydrogen-bond donors (Lipinski definition) is 1. The molecule has 0 bridgehead atoms. The second kappa shape index (κ2) is 8.84. The van der Waals surface area contributed by atoms with Gasteiger partial charge in [0.15, 0.2) is 5.54 Å². The first kappa shape index (κ1) is 22.8. The number of ketones is 1. The van der Waals surface area contributed by atoms with Gasteiger partial charge in [-0.25, -0.2) is 0 Å². The Morgan fingerprint density at radius 1 is 1.15 bits per heavy atom. The van der Waals surface area contributed by atoms with Crippen LogP contribution in [-0.2, 0) is 24.7 Å². The monoisotopic (exact) mass is 466 g/mol. The van der Waals surface area contributed by atoms with Crippen molar-refractivity contribution in [3.8, 4) is 0 Å². The third kappa shape index (κ3) is 3.35. The number of rotatable bonds is 7. The fourth-order valence-electron chi connectivity index (χ4n) is 4.60. The molecule has 1 fully saturated rings. The van der Waals surface area contributed by atoms with E-state index in [0.717, 1.165) is 0 Å². The van der Waals surface area contributed by atoms with E-state index in [4.69, 9.17) is 16.3 Å². The summed E-state index contributed by atoms with van der Waals surface area (Å²) in [5.74, 6) is -2.67. The number of benzene rings is 2. The number of fused-ring (bicyclic) bond motifs is 2. The molecule has 0 aromatic heterocycles. The Morgan fingerprint density at radius 3 is 2.52 bits per heavy atom. The van der Waals surface area contributed by atoms with E-state index in [0.29, 0.717) is 29.3 Å². The summed E-state index contributed by atoms with van der Waals surface area (Å²) in [4.78, 5) is 43.4. The van der Waals surface area contributed by atoms with Gasteiger partial charge < -0.3 is 19.6 Å². The first-order chi connectivity index (χ1) is 15.9. The third-order valence-corrected chi connectivity index (χ3v) is 6.22. The van der Waals surface area contributed by atoms with Crippen molar-refractivity contribution in [3.05, 3.63) is 82.9 Å². The highest BCUT2D eigenvalue weighted by Gasteiger charge is 2.66. The predicted molar refractivity (Wildman–Crippen MR) is 125 cm³/mol. The van der Waals surface area contributed by atoms with E-state index in [1.165, 1.54) is 29.0 Å². The summed E-state index contributed by atoms with van der Waals surface area (Å²) in [5, 5.41) is 11.7. The van der Waals surface area contributed by atoms with Crippen LogP contribution in [0.2, 0.25) is 5.02 Å². The number of amides is 2. The van der Waals surface area contributed by atoms with Crippen LogP contribution in [0.4, 0.5) is 5.69 Å². The minimum atomic E-state index is -1.79. The molecule has 7 nitrogen and oxygen atoms in total. The number of carbonyl (C=O) groups is 3. The first-order valence-electron chi connectivity index (χ1n) is 10.5. The van der Waals surface area contributed by atoms with E-state index >= 15 is 0 Å². The Labute approximate surface area is 196 Å². The highest BCUT2D eigenvalue weighted by Crippen LogP contribution is 2.53. The van der Waals surface area contributed by atoms with Gasteiger partial charge in [0.05, 0.1) is 11.3 Å². The number of Topliss-reactive ketones (excluding diaryl/α,β-unsaturated/α-hetero) is 1. The SMILES string of the molecule is C=CCN1C(=O)[C@]2(C(=C(O)c3ccc(Cl)cc3)C(=O)C(=O)N2CCCOC)c2ccccc21. The Balaban J connectivity index is 2.02. The second-order valence-electron chi connectivity index (χ2n) is 7.79. The molecule has 2 heterocycles. The molecule has 1 N–H and O–H groups in total. The molecule has 2 aromatic carbocycles. The fourth-order valence-corrected chi connectivity index (χ4v) is 4.72. The predicted octanol–water partition coefficient (Wildman–Crippen LogP) is 3.49. The number of hydrogen-bond acceptors (Lipinski definition) is 5. The number of para-hydroxylation sites is 1. The Kier molecular flexibility index (Phi) is 6.10. The molecule has 2 aromatic rings. The smallest absolute Gasteiger partial charge is 0.296 e. The van der Waals surface area contributed by atoms with Crippen molar-refractivity contribution in [1.29, 1.82) is 0 Å². The maximum atomic E-state index is 14.0. The average Bonchev–Trinajstić information content (AvgIpc) is 3.19. The van der Waals surface area contributed by atoms with Gasteiger partial charge in [-0.15, -0.1) is 6.58 Å². The molecular weight excluding hydrogens is 444 g/mol. The van der Waals surface area contributed by atoms with Gasteiger partial charge in [-0.3, -0.25) is 14.4 Å². The van der Waals surface area contributed by atoms with Gasteiger partial charge in [-0.05, 0) is 36.8 Å². The number of aliphatic hydroxyl groups excluding tert-OH is 1. The lowest BCUT2D eigenvalue weighted by Gasteiger charge is -2.34. The topological polar surface area (TPSA) is 87.2 Å². The van der Waals surface area contributed by atoms with Crippen LogP contribution < -0.4 is 4.90 Å². The van der Waals surface area contributed by atoms with Crippen molar-refractivity contribution in [2.45, 2.75) is 12.0 Å². The molecule has 8 heteroatoms. The van der Waals surface area contributed by atoms with Crippen LogP contribution in [0.1, 0.15) is 17.5 Å². The van der Waals surface area contributed by atoms with E-state index in [1.54, 1.807) is 42.5 Å². The largest absolute Gasteiger partial charge is 0.507 e. The van der Waals surface area contributed by atoms with Crippen LogP contribution in [0, 0.1) is 0 Å². The molecule has 1 saturated heterocycles. The lowest BCUT2D eigenvalue weighted by molar-refractivity contribution is -0.143. The van der Waals surface area contributed by atoms with Gasteiger partial charge in [0.2, 0.25) is 0 Å². The summed E-state index contributed by atoms with van der Waals surface area (Å²) >= 11 is 5.98. The number of ether oxygens (including phenoxy) is 1. The molecule has 1 atom stereocenters. The standard InChI is InChI=1S/C25H23ClN2O5/c1-3-13-27-19-8-5-4-7-18(19)25(24(27)32)20(21(29)16-9-11-17(26)12-10-16)22(30)23(31)28(25)14-6-15-33-2/h3-5,7-12,29H,1,6,13-15H2,2H3/t25-/m1/s1. The number of nitrogens with zero attached hydrogens (tertiary/aromatic N) is 2. The number of aliphatic hydroxyl groups is 1. The molecule has 2 aliphatic heterocycles. The van der Waals surface area contributed by atoms with Gasteiger partial charge in [0.25, 0.3) is 17.6 Å². The van der Waals surface area contributed by atoms with Crippen LogP contribution in [0.15, 0.2) is 66.8 Å². The van der Waals surface area contributed by atoms with Gasteiger partial charge in [-0.1, -0.05) is 35.9 Å². The maximum absolute atomic E-state index is 14.0. The van der Waals surface area contributed by atoms with Crippen molar-refractivity contribution < 1.29 is 24.2 Å². The fraction of sp³-hybridized carbons (Fsp3) is 0.240. The number of methoxy groups -OCH3 is 1. The molecule has 0 aliphatic carbocycles. The van der Waals surface area contributed by atoms with E-state index in [-0.39, 0.29) is 24.2 Å². The summed E-state index contributed by atoms with van der Waals surface area (Å²) in [6.45, 7) is 4.35. The number of anilines is 1. The lowest BCUT2D eigenvalue weighted by Crippen LogP contribution is -2.52. The van der Waals surface area contributed by atoms with Crippen LogP contribution in [-0.4, -0.2) is 54.4 Å². The highest BCUT2D eigenvalue weighted by molar-refractivity contribution is 6.50. The minimum absolute atomic E-state index is 0.0951. The summed E-state index contributed by atoms with van der Waals surface area (Å²) in [6, 6.07) is 13.2. The van der Waals surface area contributed by atoms with Gasteiger partial charge in [0, 0.05) is 43.0 Å². The van der Waals surface area contributed by atoms with E-state index in [2.05, 4.69) is 6.58 Å². The van der Waals surface area contributed by atoms with E-state index < -0.39 is 28.9 Å². The molecular formula is C25H23ClN2O5. The Bertz CT molecular complexity index is 1170. The number of halogens is 1. The zero-order valence-electron chi connectivity index (χ0n) is 18.1. The minimum Gasteiger partial charge on any atom is -0.507 e. The zero-order valence-corrected chi connectivity index (χ0v) is 18.8. The summed E-state index contributed by atoms with van der Waals surface area (Å²) in [5.41, 5.74) is -0.741. The van der Waals surface area contributed by atoms with Crippen molar-refractivity contribution in [2.24, 2.45) is 0 Å². The van der Waals surface area contributed by atoms with E-state index in [9.17, 15) is 19.5 Å². The van der Waals surface area contributed by atoms with Crippen LogP contribution in [0.25, 0.3) is 5.76 Å². The molecule has 4 rings (SSSR count). The molecule has 2 aliphatic rings. The summed E-state index contributed by atoms with van der Waals surface area (Å²) in [7, 11) is 1.53. The molecule has 33 heavy (non-hydrogen) atoms. The Hall–Kier alpha value is -3.42. The number of likely N-dealkylation sites (tertiary alicyclic amines) is 1. The lowest BCUT2D eigenvalue weighted by atomic mass is 9.82. The molecule has 0 unspecified atom stereocenters. The van der Waals surface area contributed by atoms with Gasteiger partial charge >= 0.3 is 0 Å². The number of carbonyl (C=O) groups excluding carboxylic acids is 3. The second-order valence-corrected chi connectivity index (χ2v) is 8.23. The summed E-state index contributed by atoms with van der Waals surface area (Å²) < 4.78 is 5.12. The molecule has 1 spiro atoms. The van der Waals surface area contributed by atoms with Crippen LogP contribution in [0.5, 0.6) is 0 Å². The summed E-state index contributed by atoms with van der Waals surface area (Å²) in [6.07, 6.45) is 1.98. The van der Waals surface area contributed by atoms with Gasteiger partial charge in [0.1, 0.15) is 5.76 Å². The highest BCUT2D eigenvalue weighted by atomic mass is 35.5. The molecule has 2 amide bonds. The van der Waals surface area contributed by atoms with Crippen molar-refractivity contribution in [3.63, 3.8) is 0 Å². The Morgan fingerprint density at radius 2 is 1.85 bits per heavy atom. The maximum Gasteiger partial charge on any atom is 0.296 e. The van der Waals surface area contributed by atoms with Gasteiger partial charge in [-0.2, -0.15) is 0 Å². The van der Waals surface area contributed by atoms with Crippen molar-refractivity contribution in [2.75, 3.05) is 31.7 Å². The first-order valence-corrected chi connectivity index (χ1v) is 10.8. The average molecular weight is 467 g/mol. The normalized spacial score (nSPS) is 21.2.